The van der Waals surface area contributed by atoms with E-state index in [-0.39, 0.29) is 0 Å². The van der Waals surface area contributed by atoms with Crippen molar-refractivity contribution in [3.05, 3.63) is 20.8 Å². The Labute approximate surface area is 119 Å². The van der Waals surface area contributed by atoms with Crippen LogP contribution in [-0.2, 0) is 16.1 Å². The zero-order chi connectivity index (χ0) is 13.2. The Morgan fingerprint density at radius 1 is 1.72 bits per heavy atom. The smallest absolute Gasteiger partial charge is 0.313 e. The maximum atomic E-state index is 11.4. The second-order valence-electron chi connectivity index (χ2n) is 4.79. The first kappa shape index (κ1) is 14.0. The summed E-state index contributed by atoms with van der Waals surface area (Å²) in [7, 11) is 1.95. The van der Waals surface area contributed by atoms with Gasteiger partial charge in [-0.3, -0.25) is 4.79 Å². The van der Waals surface area contributed by atoms with E-state index in [0.29, 0.717) is 26.2 Å². The summed E-state index contributed by atoms with van der Waals surface area (Å²) in [5.74, 6) is -0.751. The molecule has 2 heterocycles. The molecule has 1 aromatic rings. The van der Waals surface area contributed by atoms with Crippen LogP contribution in [0.25, 0.3) is 0 Å². The first-order chi connectivity index (χ1) is 8.52. The van der Waals surface area contributed by atoms with Crippen molar-refractivity contribution in [2.24, 2.45) is 5.41 Å². The van der Waals surface area contributed by atoms with E-state index in [4.69, 9.17) is 4.74 Å². The number of carboxylic acid groups (broad SMARTS) is 1. The average molecular weight is 334 g/mol. The molecular formula is C12H16BrNO3S. The third kappa shape index (κ3) is 3.12. The van der Waals surface area contributed by atoms with E-state index in [1.807, 2.05) is 12.4 Å². The number of thiophene rings is 1. The van der Waals surface area contributed by atoms with Gasteiger partial charge in [0.05, 0.1) is 6.61 Å². The highest BCUT2D eigenvalue weighted by Crippen LogP contribution is 2.30. The number of hydrogen-bond acceptors (Lipinski definition) is 4. The van der Waals surface area contributed by atoms with Crippen molar-refractivity contribution in [2.45, 2.75) is 13.0 Å². The van der Waals surface area contributed by atoms with Gasteiger partial charge in [-0.25, -0.2) is 0 Å². The van der Waals surface area contributed by atoms with Gasteiger partial charge in [0.2, 0.25) is 0 Å². The van der Waals surface area contributed by atoms with Gasteiger partial charge in [-0.15, -0.1) is 11.3 Å². The molecule has 1 unspecified atom stereocenters. The highest BCUT2D eigenvalue weighted by molar-refractivity contribution is 9.10. The summed E-state index contributed by atoms with van der Waals surface area (Å²) in [5.41, 5.74) is -0.733. The Hall–Kier alpha value is -0.430. The van der Waals surface area contributed by atoms with E-state index in [9.17, 15) is 9.90 Å². The number of carboxylic acids is 1. The molecule has 18 heavy (non-hydrogen) atoms. The molecule has 4 nitrogen and oxygen atoms in total. The maximum Gasteiger partial charge on any atom is 0.313 e. The molecule has 100 valence electrons. The number of carbonyl (C=O) groups is 1. The molecule has 1 atom stereocenters. The molecular weight excluding hydrogens is 318 g/mol. The van der Waals surface area contributed by atoms with Gasteiger partial charge in [0.1, 0.15) is 5.41 Å². The summed E-state index contributed by atoms with van der Waals surface area (Å²) in [6.45, 7) is 2.16. The van der Waals surface area contributed by atoms with Crippen molar-refractivity contribution in [2.75, 3.05) is 26.8 Å². The fraction of sp³-hybridized carbons (Fsp3) is 0.583. The van der Waals surface area contributed by atoms with Crippen LogP contribution in [0.5, 0.6) is 0 Å². The monoisotopic (exact) mass is 333 g/mol. The van der Waals surface area contributed by atoms with Crippen LogP contribution >= 0.6 is 27.3 Å². The lowest BCUT2D eigenvalue weighted by molar-refractivity contribution is -0.150. The highest BCUT2D eigenvalue weighted by Gasteiger charge is 2.43. The van der Waals surface area contributed by atoms with Crippen molar-refractivity contribution in [1.29, 1.82) is 0 Å². The van der Waals surface area contributed by atoms with Gasteiger partial charge in [-0.2, -0.15) is 0 Å². The van der Waals surface area contributed by atoms with Crippen LogP contribution in [0.15, 0.2) is 15.9 Å². The van der Waals surface area contributed by atoms with Gasteiger partial charge in [-0.05, 0) is 35.5 Å². The Kier molecular flexibility index (Phi) is 4.42. The van der Waals surface area contributed by atoms with Crippen LogP contribution in [0, 0.1) is 5.41 Å². The number of nitrogens with zero attached hydrogens (tertiary/aromatic N) is 1. The lowest BCUT2D eigenvalue weighted by Gasteiger charge is -2.28. The van der Waals surface area contributed by atoms with Crippen LogP contribution in [-0.4, -0.2) is 42.8 Å². The molecule has 0 bridgehead atoms. The third-order valence-electron chi connectivity index (χ3n) is 3.18. The number of halogens is 1. The highest BCUT2D eigenvalue weighted by atomic mass is 79.9. The topological polar surface area (TPSA) is 49.8 Å². The summed E-state index contributed by atoms with van der Waals surface area (Å²) in [5, 5.41) is 11.4. The molecule has 1 aliphatic rings. The molecule has 0 aromatic carbocycles. The van der Waals surface area contributed by atoms with Crippen molar-refractivity contribution in [1.82, 2.24) is 4.90 Å². The Morgan fingerprint density at radius 2 is 2.50 bits per heavy atom. The number of hydrogen-bond donors (Lipinski definition) is 1. The standard InChI is InChI=1S/C12H16BrNO3S/c1-14(5-10-4-9(13)6-18-10)7-12(11(15)16)2-3-17-8-12/h4,6H,2-3,5,7-8H2,1H3,(H,15,16). The first-order valence-corrected chi connectivity index (χ1v) is 7.42. The summed E-state index contributed by atoms with van der Waals surface area (Å²) < 4.78 is 6.34. The summed E-state index contributed by atoms with van der Waals surface area (Å²) in [6.07, 6.45) is 0.598. The molecule has 1 fully saturated rings. The van der Waals surface area contributed by atoms with Crippen molar-refractivity contribution < 1.29 is 14.6 Å². The van der Waals surface area contributed by atoms with Gasteiger partial charge < -0.3 is 14.7 Å². The summed E-state index contributed by atoms with van der Waals surface area (Å²) in [4.78, 5) is 14.7. The summed E-state index contributed by atoms with van der Waals surface area (Å²) >= 11 is 5.10. The van der Waals surface area contributed by atoms with Crippen LogP contribution in [0.1, 0.15) is 11.3 Å². The van der Waals surface area contributed by atoms with Crippen molar-refractivity contribution in [3.8, 4) is 0 Å². The predicted molar refractivity (Wildman–Crippen MR) is 73.9 cm³/mol. The van der Waals surface area contributed by atoms with E-state index in [2.05, 4.69) is 26.9 Å². The summed E-state index contributed by atoms with van der Waals surface area (Å²) in [6, 6.07) is 2.07. The Morgan fingerprint density at radius 3 is 3.00 bits per heavy atom. The quantitative estimate of drug-likeness (QED) is 0.899. The molecule has 2 rings (SSSR count). The second kappa shape index (κ2) is 5.69. The molecule has 1 saturated heterocycles. The maximum absolute atomic E-state index is 11.4. The number of rotatable bonds is 5. The third-order valence-corrected chi connectivity index (χ3v) is 4.86. The van der Waals surface area contributed by atoms with Gasteiger partial charge in [0, 0.05) is 34.4 Å². The van der Waals surface area contributed by atoms with Crippen LogP contribution < -0.4 is 0 Å². The minimum atomic E-state index is -0.751. The predicted octanol–water partition coefficient (Wildman–Crippen LogP) is 2.43. The average Bonchev–Trinajstić information content (AvgIpc) is 2.89. The zero-order valence-electron chi connectivity index (χ0n) is 10.2. The molecule has 0 saturated carbocycles. The number of ether oxygens (including phenoxy) is 1. The minimum Gasteiger partial charge on any atom is -0.481 e. The lowest BCUT2D eigenvalue weighted by Crippen LogP contribution is -2.42. The Bertz CT molecular complexity index is 429. The van der Waals surface area contributed by atoms with Crippen LogP contribution in [0.2, 0.25) is 0 Å². The molecule has 1 N–H and O–H groups in total. The van der Waals surface area contributed by atoms with E-state index in [0.717, 1.165) is 11.0 Å². The zero-order valence-corrected chi connectivity index (χ0v) is 12.6. The molecule has 0 spiro atoms. The minimum absolute atomic E-state index is 0.320. The fourth-order valence-corrected chi connectivity index (χ4v) is 3.77. The van der Waals surface area contributed by atoms with E-state index in [1.165, 1.54) is 4.88 Å². The van der Waals surface area contributed by atoms with Crippen molar-refractivity contribution in [3.63, 3.8) is 0 Å². The molecule has 1 aliphatic heterocycles. The molecule has 0 radical (unpaired) electrons. The lowest BCUT2D eigenvalue weighted by atomic mass is 9.87. The van der Waals surface area contributed by atoms with E-state index in [1.54, 1.807) is 11.3 Å². The SMILES string of the molecule is CN(Cc1cc(Br)cs1)CC1(C(=O)O)CCOC1. The van der Waals surface area contributed by atoms with Crippen molar-refractivity contribution >= 4 is 33.2 Å². The molecule has 0 aliphatic carbocycles. The molecule has 0 amide bonds. The fourth-order valence-electron chi connectivity index (χ4n) is 2.24. The Balaban J connectivity index is 1.97. The van der Waals surface area contributed by atoms with Gasteiger partial charge in [-0.1, -0.05) is 0 Å². The van der Waals surface area contributed by atoms with E-state index < -0.39 is 11.4 Å². The van der Waals surface area contributed by atoms with Crippen LogP contribution in [0.3, 0.4) is 0 Å². The van der Waals surface area contributed by atoms with Gasteiger partial charge in [0.25, 0.3) is 0 Å². The largest absolute Gasteiger partial charge is 0.481 e. The van der Waals surface area contributed by atoms with Gasteiger partial charge >= 0.3 is 5.97 Å². The molecule has 1 aromatic heterocycles. The van der Waals surface area contributed by atoms with Crippen LogP contribution in [0.4, 0.5) is 0 Å². The van der Waals surface area contributed by atoms with Gasteiger partial charge in [0.15, 0.2) is 0 Å². The second-order valence-corrected chi connectivity index (χ2v) is 6.70. The number of aliphatic carboxylic acids is 1. The molecule has 6 heteroatoms. The van der Waals surface area contributed by atoms with E-state index >= 15 is 0 Å². The first-order valence-electron chi connectivity index (χ1n) is 5.74. The normalized spacial score (nSPS) is 23.7.